The Labute approximate surface area is 112 Å². The van der Waals surface area contributed by atoms with Crippen molar-refractivity contribution in [1.82, 2.24) is 10.2 Å². The van der Waals surface area contributed by atoms with E-state index in [1.165, 1.54) is 11.8 Å². The molecule has 1 saturated carbocycles. The highest BCUT2D eigenvalue weighted by Gasteiger charge is 2.47. The lowest BCUT2D eigenvalue weighted by Crippen LogP contribution is -2.49. The highest BCUT2D eigenvalue weighted by atomic mass is 16.4. The van der Waals surface area contributed by atoms with Crippen molar-refractivity contribution in [3.63, 3.8) is 0 Å². The number of nitrogens with zero attached hydrogens (tertiary/aromatic N) is 1. The molecule has 3 atom stereocenters. The first kappa shape index (κ1) is 13.8. The van der Waals surface area contributed by atoms with Gasteiger partial charge in [-0.15, -0.1) is 0 Å². The summed E-state index contributed by atoms with van der Waals surface area (Å²) in [6.07, 6.45) is 4.57. The molecule has 0 aromatic rings. The van der Waals surface area contributed by atoms with Gasteiger partial charge in [0.05, 0.1) is 6.54 Å². The third-order valence-electron chi connectivity index (χ3n) is 4.15. The van der Waals surface area contributed by atoms with Crippen molar-refractivity contribution in [3.05, 3.63) is 0 Å². The maximum absolute atomic E-state index is 12.2. The van der Waals surface area contributed by atoms with Crippen LogP contribution in [0.1, 0.15) is 39.0 Å². The van der Waals surface area contributed by atoms with Crippen molar-refractivity contribution in [2.45, 2.75) is 51.1 Å². The molecular formula is C13H20N2O4. The molecule has 6 nitrogen and oxygen atoms in total. The summed E-state index contributed by atoms with van der Waals surface area (Å²) in [7, 11) is 0. The van der Waals surface area contributed by atoms with E-state index in [0.29, 0.717) is 12.3 Å². The first-order chi connectivity index (χ1) is 9.00. The number of hydrogen-bond acceptors (Lipinski definition) is 3. The molecule has 1 aliphatic carbocycles. The number of carbonyl (C=O) groups is 3. The molecule has 6 heteroatoms. The Morgan fingerprint density at radius 1 is 1.26 bits per heavy atom. The van der Waals surface area contributed by atoms with Gasteiger partial charge in [0.25, 0.3) is 0 Å². The van der Waals surface area contributed by atoms with E-state index in [2.05, 4.69) is 5.32 Å². The third-order valence-corrected chi connectivity index (χ3v) is 4.15. The summed E-state index contributed by atoms with van der Waals surface area (Å²) >= 11 is 0. The highest BCUT2D eigenvalue weighted by molar-refractivity contribution is 5.88. The lowest BCUT2D eigenvalue weighted by Gasteiger charge is -2.33. The predicted octanol–water partition coefficient (Wildman–Crippen LogP) is 0.367. The Balaban J connectivity index is 2.10. The smallest absolute Gasteiger partial charge is 0.326 e. The number of amides is 2. The van der Waals surface area contributed by atoms with E-state index in [-0.39, 0.29) is 24.4 Å². The van der Waals surface area contributed by atoms with Crippen LogP contribution in [0.5, 0.6) is 0 Å². The third kappa shape index (κ3) is 2.88. The summed E-state index contributed by atoms with van der Waals surface area (Å²) in [4.78, 5) is 35.8. The van der Waals surface area contributed by atoms with Gasteiger partial charge in [-0.3, -0.25) is 9.59 Å². The topological polar surface area (TPSA) is 86.7 Å². The van der Waals surface area contributed by atoms with Crippen LogP contribution < -0.4 is 5.32 Å². The van der Waals surface area contributed by atoms with Crippen LogP contribution in [0.3, 0.4) is 0 Å². The van der Waals surface area contributed by atoms with Crippen LogP contribution in [0, 0.1) is 5.92 Å². The van der Waals surface area contributed by atoms with E-state index < -0.39 is 12.0 Å². The molecule has 0 aromatic heterocycles. The zero-order valence-corrected chi connectivity index (χ0v) is 11.1. The summed E-state index contributed by atoms with van der Waals surface area (Å²) in [5.41, 5.74) is 0. The van der Waals surface area contributed by atoms with Crippen LogP contribution in [0.15, 0.2) is 0 Å². The SMILES string of the molecule is CC(=O)NCC(=O)N1[C@@H]2CCCC[C@H]2C[C@H]1C(=O)O. The Kier molecular flexibility index (Phi) is 4.07. The molecule has 0 aromatic carbocycles. The van der Waals surface area contributed by atoms with Crippen molar-refractivity contribution in [1.29, 1.82) is 0 Å². The van der Waals surface area contributed by atoms with E-state index in [1.54, 1.807) is 0 Å². The summed E-state index contributed by atoms with van der Waals surface area (Å²) in [6, 6.07) is -0.689. The summed E-state index contributed by atoms with van der Waals surface area (Å²) in [5, 5.41) is 11.7. The molecule has 106 valence electrons. The quantitative estimate of drug-likeness (QED) is 0.774. The maximum atomic E-state index is 12.2. The normalized spacial score (nSPS) is 29.7. The fourth-order valence-corrected chi connectivity index (χ4v) is 3.33. The molecule has 2 amide bonds. The van der Waals surface area contributed by atoms with Crippen LogP contribution in [0.4, 0.5) is 0 Å². The number of likely N-dealkylation sites (tertiary alicyclic amines) is 1. The molecule has 2 aliphatic rings. The van der Waals surface area contributed by atoms with E-state index in [4.69, 9.17) is 0 Å². The number of carboxylic acids is 1. The van der Waals surface area contributed by atoms with Crippen molar-refractivity contribution in [2.24, 2.45) is 5.92 Å². The van der Waals surface area contributed by atoms with Gasteiger partial charge in [-0.2, -0.15) is 0 Å². The Morgan fingerprint density at radius 3 is 2.58 bits per heavy atom. The van der Waals surface area contributed by atoms with Gasteiger partial charge in [-0.25, -0.2) is 4.79 Å². The molecule has 2 N–H and O–H groups in total. The minimum absolute atomic E-state index is 0.0381. The van der Waals surface area contributed by atoms with Crippen molar-refractivity contribution < 1.29 is 19.5 Å². The fraction of sp³-hybridized carbons (Fsp3) is 0.769. The van der Waals surface area contributed by atoms with Gasteiger partial charge in [0.1, 0.15) is 6.04 Å². The number of carbonyl (C=O) groups excluding carboxylic acids is 2. The average Bonchev–Trinajstić information content (AvgIpc) is 2.75. The van der Waals surface area contributed by atoms with Crippen LogP contribution in [0.2, 0.25) is 0 Å². The second kappa shape index (κ2) is 5.59. The molecule has 0 bridgehead atoms. The van der Waals surface area contributed by atoms with Gasteiger partial charge in [0.15, 0.2) is 0 Å². The molecule has 19 heavy (non-hydrogen) atoms. The van der Waals surface area contributed by atoms with E-state index in [9.17, 15) is 19.5 Å². The van der Waals surface area contributed by atoms with E-state index in [1.807, 2.05) is 0 Å². The second-order valence-corrected chi connectivity index (χ2v) is 5.41. The molecule has 1 aliphatic heterocycles. The summed E-state index contributed by atoms with van der Waals surface area (Å²) in [5.74, 6) is -1.20. The monoisotopic (exact) mass is 268 g/mol. The first-order valence-corrected chi connectivity index (χ1v) is 6.79. The number of carboxylic acid groups (broad SMARTS) is 1. The molecule has 1 saturated heterocycles. The Morgan fingerprint density at radius 2 is 1.95 bits per heavy atom. The molecular weight excluding hydrogens is 248 g/mol. The lowest BCUT2D eigenvalue weighted by atomic mass is 9.85. The number of hydrogen-bond donors (Lipinski definition) is 2. The highest BCUT2D eigenvalue weighted by Crippen LogP contribution is 2.39. The maximum Gasteiger partial charge on any atom is 0.326 e. The van der Waals surface area contributed by atoms with E-state index >= 15 is 0 Å². The molecule has 2 rings (SSSR count). The molecule has 2 fully saturated rings. The van der Waals surface area contributed by atoms with E-state index in [0.717, 1.165) is 25.7 Å². The van der Waals surface area contributed by atoms with Crippen LogP contribution >= 0.6 is 0 Å². The van der Waals surface area contributed by atoms with Gasteiger partial charge < -0.3 is 15.3 Å². The number of rotatable bonds is 3. The van der Waals surface area contributed by atoms with Crippen molar-refractivity contribution in [2.75, 3.05) is 6.54 Å². The van der Waals surface area contributed by atoms with Gasteiger partial charge in [-0.05, 0) is 25.2 Å². The molecule has 0 spiro atoms. The van der Waals surface area contributed by atoms with Crippen LogP contribution in [0.25, 0.3) is 0 Å². The van der Waals surface area contributed by atoms with Gasteiger partial charge in [-0.1, -0.05) is 12.8 Å². The Bertz CT molecular complexity index is 396. The van der Waals surface area contributed by atoms with Gasteiger partial charge >= 0.3 is 5.97 Å². The number of fused-ring (bicyclic) bond motifs is 1. The summed E-state index contributed by atoms with van der Waals surface area (Å²) in [6.45, 7) is 1.23. The number of nitrogens with one attached hydrogen (secondary N) is 1. The van der Waals surface area contributed by atoms with Gasteiger partial charge in [0.2, 0.25) is 11.8 Å². The Hall–Kier alpha value is -1.59. The minimum atomic E-state index is -0.939. The van der Waals surface area contributed by atoms with Crippen molar-refractivity contribution in [3.8, 4) is 0 Å². The summed E-state index contributed by atoms with van der Waals surface area (Å²) < 4.78 is 0. The standard InChI is InChI=1S/C13H20N2O4/c1-8(16)14-7-12(17)15-10-5-3-2-4-9(10)6-11(15)13(18)19/h9-11H,2-7H2,1H3,(H,14,16)(H,18,19)/t9-,10+,11-/m0/s1. The molecule has 0 unspecified atom stereocenters. The molecule has 0 radical (unpaired) electrons. The predicted molar refractivity (Wildman–Crippen MR) is 67.3 cm³/mol. The fourth-order valence-electron chi connectivity index (χ4n) is 3.33. The average molecular weight is 268 g/mol. The first-order valence-electron chi connectivity index (χ1n) is 6.79. The van der Waals surface area contributed by atoms with Crippen LogP contribution in [-0.4, -0.2) is 46.4 Å². The zero-order chi connectivity index (χ0) is 14.0. The number of aliphatic carboxylic acids is 1. The zero-order valence-electron chi connectivity index (χ0n) is 11.1. The van der Waals surface area contributed by atoms with Gasteiger partial charge in [0, 0.05) is 13.0 Å². The molecule has 1 heterocycles. The largest absolute Gasteiger partial charge is 0.480 e. The van der Waals surface area contributed by atoms with Crippen molar-refractivity contribution >= 4 is 17.8 Å². The minimum Gasteiger partial charge on any atom is -0.480 e. The second-order valence-electron chi connectivity index (χ2n) is 5.41. The van der Waals surface area contributed by atoms with Crippen LogP contribution in [-0.2, 0) is 14.4 Å². The lowest BCUT2D eigenvalue weighted by molar-refractivity contribution is -0.149.